The number of carbonyl (C=O) groups excluding carboxylic acids is 1. The van der Waals surface area contributed by atoms with Crippen molar-refractivity contribution in [3.05, 3.63) is 0 Å². The number of hydrogen-bond acceptors (Lipinski definition) is 3. The van der Waals surface area contributed by atoms with E-state index in [1.807, 2.05) is 0 Å². The molecule has 0 spiro atoms. The number of primary amides is 1. The van der Waals surface area contributed by atoms with E-state index in [4.69, 9.17) is 11.5 Å². The SMILES string of the molecule is CC1(C)CCN(C2CCC(N)(C(N)=O)C2)C1. The molecular formula is C12H23N3O. The minimum absolute atomic E-state index is 0.339. The number of amides is 1. The Labute approximate surface area is 97.3 Å². The molecule has 1 aliphatic carbocycles. The molecule has 0 aromatic carbocycles. The van der Waals surface area contributed by atoms with Crippen molar-refractivity contribution in [1.29, 1.82) is 0 Å². The second-order valence-corrected chi connectivity index (χ2v) is 6.30. The molecule has 0 radical (unpaired) electrons. The molecule has 0 aromatic rings. The summed E-state index contributed by atoms with van der Waals surface area (Å²) in [5, 5.41) is 0. The lowest BCUT2D eigenvalue weighted by atomic mass is 9.93. The molecule has 2 rings (SSSR count). The average Bonchev–Trinajstić information content (AvgIpc) is 2.70. The zero-order chi connectivity index (χ0) is 12.0. The molecule has 16 heavy (non-hydrogen) atoms. The largest absolute Gasteiger partial charge is 0.368 e. The smallest absolute Gasteiger partial charge is 0.237 e. The molecule has 2 fully saturated rings. The van der Waals surface area contributed by atoms with Crippen LogP contribution in [0.1, 0.15) is 39.5 Å². The van der Waals surface area contributed by atoms with E-state index in [0.717, 1.165) is 32.4 Å². The molecule has 0 bridgehead atoms. The van der Waals surface area contributed by atoms with Crippen LogP contribution in [0.2, 0.25) is 0 Å². The summed E-state index contributed by atoms with van der Waals surface area (Å²) in [6, 6.07) is 0.458. The summed E-state index contributed by atoms with van der Waals surface area (Å²) in [7, 11) is 0. The Hall–Kier alpha value is -0.610. The average molecular weight is 225 g/mol. The Morgan fingerprint density at radius 3 is 2.50 bits per heavy atom. The molecule has 2 atom stereocenters. The lowest BCUT2D eigenvalue weighted by Gasteiger charge is -2.27. The predicted molar refractivity (Wildman–Crippen MR) is 63.7 cm³/mol. The molecule has 1 saturated carbocycles. The first-order valence-electron chi connectivity index (χ1n) is 6.15. The van der Waals surface area contributed by atoms with Crippen LogP contribution in [0, 0.1) is 5.41 Å². The van der Waals surface area contributed by atoms with Gasteiger partial charge in [-0.25, -0.2) is 0 Å². The molecule has 0 aromatic heterocycles. The Kier molecular flexibility index (Phi) is 2.75. The van der Waals surface area contributed by atoms with Crippen molar-refractivity contribution in [2.75, 3.05) is 13.1 Å². The van der Waals surface area contributed by atoms with Crippen LogP contribution in [-0.2, 0) is 4.79 Å². The van der Waals surface area contributed by atoms with Gasteiger partial charge in [-0.15, -0.1) is 0 Å². The number of carbonyl (C=O) groups is 1. The zero-order valence-corrected chi connectivity index (χ0v) is 10.3. The van der Waals surface area contributed by atoms with Crippen molar-refractivity contribution in [1.82, 2.24) is 4.90 Å². The first kappa shape index (κ1) is 11.9. The van der Waals surface area contributed by atoms with Gasteiger partial charge in [0.15, 0.2) is 0 Å². The van der Waals surface area contributed by atoms with Gasteiger partial charge in [-0.05, 0) is 37.6 Å². The van der Waals surface area contributed by atoms with E-state index in [1.165, 1.54) is 6.42 Å². The van der Waals surface area contributed by atoms with Gasteiger partial charge in [-0.3, -0.25) is 9.69 Å². The van der Waals surface area contributed by atoms with E-state index in [9.17, 15) is 4.79 Å². The van der Waals surface area contributed by atoms with Gasteiger partial charge in [0, 0.05) is 12.6 Å². The first-order chi connectivity index (χ1) is 7.32. The fourth-order valence-corrected chi connectivity index (χ4v) is 3.05. The monoisotopic (exact) mass is 225 g/mol. The second kappa shape index (κ2) is 3.70. The molecule has 4 N–H and O–H groups in total. The minimum Gasteiger partial charge on any atom is -0.368 e. The van der Waals surface area contributed by atoms with Crippen molar-refractivity contribution < 1.29 is 4.79 Å². The molecule has 4 nitrogen and oxygen atoms in total. The molecular weight excluding hydrogens is 202 g/mol. The highest BCUT2D eigenvalue weighted by molar-refractivity contribution is 5.84. The molecule has 1 heterocycles. The summed E-state index contributed by atoms with van der Waals surface area (Å²) in [5.41, 5.74) is 11.0. The van der Waals surface area contributed by atoms with Gasteiger partial charge in [-0.1, -0.05) is 13.8 Å². The molecule has 92 valence electrons. The molecule has 4 heteroatoms. The molecule has 2 unspecified atom stereocenters. The van der Waals surface area contributed by atoms with Gasteiger partial charge < -0.3 is 11.5 Å². The third-order valence-corrected chi connectivity index (χ3v) is 4.24. The fourth-order valence-electron chi connectivity index (χ4n) is 3.05. The van der Waals surface area contributed by atoms with E-state index in [1.54, 1.807) is 0 Å². The summed E-state index contributed by atoms with van der Waals surface area (Å²) < 4.78 is 0. The molecule has 1 saturated heterocycles. The molecule has 1 aliphatic heterocycles. The standard InChI is InChI=1S/C12H23N3O/c1-11(2)5-6-15(8-11)9-3-4-12(14,7-9)10(13)16/h9H,3-8,14H2,1-2H3,(H2,13,16). The van der Waals surface area contributed by atoms with Gasteiger partial charge >= 0.3 is 0 Å². The van der Waals surface area contributed by atoms with Gasteiger partial charge in [0.25, 0.3) is 0 Å². The second-order valence-electron chi connectivity index (χ2n) is 6.30. The van der Waals surface area contributed by atoms with Gasteiger partial charge in [0.2, 0.25) is 5.91 Å². The lowest BCUT2D eigenvalue weighted by Crippen LogP contribution is -2.51. The summed E-state index contributed by atoms with van der Waals surface area (Å²) >= 11 is 0. The number of nitrogens with two attached hydrogens (primary N) is 2. The van der Waals surface area contributed by atoms with Crippen LogP contribution in [0.25, 0.3) is 0 Å². The Bertz CT molecular complexity index is 303. The van der Waals surface area contributed by atoms with Gasteiger partial charge in [-0.2, -0.15) is 0 Å². The predicted octanol–water partition coefficient (Wildman–Crippen LogP) is 0.454. The van der Waals surface area contributed by atoms with Crippen molar-refractivity contribution in [3.63, 3.8) is 0 Å². The van der Waals surface area contributed by atoms with Crippen LogP contribution in [0.3, 0.4) is 0 Å². The topological polar surface area (TPSA) is 72.3 Å². The number of hydrogen-bond donors (Lipinski definition) is 2. The highest BCUT2D eigenvalue weighted by Crippen LogP contribution is 2.37. The first-order valence-corrected chi connectivity index (χ1v) is 6.15. The minimum atomic E-state index is -0.753. The van der Waals surface area contributed by atoms with Crippen LogP contribution >= 0.6 is 0 Å². The fraction of sp³-hybridized carbons (Fsp3) is 0.917. The van der Waals surface area contributed by atoms with E-state index >= 15 is 0 Å². The lowest BCUT2D eigenvalue weighted by molar-refractivity contribution is -0.123. The zero-order valence-electron chi connectivity index (χ0n) is 10.3. The number of nitrogens with zero attached hydrogens (tertiary/aromatic N) is 1. The van der Waals surface area contributed by atoms with Crippen molar-refractivity contribution in [3.8, 4) is 0 Å². The maximum atomic E-state index is 11.3. The van der Waals surface area contributed by atoms with Crippen LogP contribution in [0.4, 0.5) is 0 Å². The summed E-state index contributed by atoms with van der Waals surface area (Å²) in [4.78, 5) is 13.8. The van der Waals surface area contributed by atoms with Crippen molar-refractivity contribution >= 4 is 5.91 Å². The van der Waals surface area contributed by atoms with Gasteiger partial charge in [0.05, 0.1) is 5.54 Å². The Morgan fingerprint density at radius 2 is 2.06 bits per heavy atom. The number of likely N-dealkylation sites (tertiary alicyclic amines) is 1. The highest BCUT2D eigenvalue weighted by atomic mass is 16.1. The third-order valence-electron chi connectivity index (χ3n) is 4.24. The van der Waals surface area contributed by atoms with Crippen LogP contribution < -0.4 is 11.5 Å². The maximum absolute atomic E-state index is 11.3. The summed E-state index contributed by atoms with van der Waals surface area (Å²) in [5.74, 6) is -0.339. The van der Waals surface area contributed by atoms with E-state index in [-0.39, 0.29) is 5.91 Å². The quantitative estimate of drug-likeness (QED) is 0.717. The van der Waals surface area contributed by atoms with E-state index in [2.05, 4.69) is 18.7 Å². The Balaban J connectivity index is 1.97. The number of rotatable bonds is 2. The van der Waals surface area contributed by atoms with Crippen LogP contribution in [0.5, 0.6) is 0 Å². The molecule has 1 amide bonds. The normalized spacial score (nSPS) is 39.1. The van der Waals surface area contributed by atoms with Crippen molar-refractivity contribution in [2.24, 2.45) is 16.9 Å². The maximum Gasteiger partial charge on any atom is 0.237 e. The Morgan fingerprint density at radius 1 is 1.38 bits per heavy atom. The molecule has 2 aliphatic rings. The highest BCUT2D eigenvalue weighted by Gasteiger charge is 2.44. The van der Waals surface area contributed by atoms with Crippen molar-refractivity contribution in [2.45, 2.75) is 51.1 Å². The van der Waals surface area contributed by atoms with Crippen LogP contribution in [-0.4, -0.2) is 35.5 Å². The third kappa shape index (κ3) is 2.09. The summed E-state index contributed by atoms with van der Waals surface area (Å²) in [6.45, 7) is 6.84. The van der Waals surface area contributed by atoms with Crippen LogP contribution in [0.15, 0.2) is 0 Å². The van der Waals surface area contributed by atoms with Gasteiger partial charge in [0.1, 0.15) is 0 Å². The summed E-state index contributed by atoms with van der Waals surface area (Å²) in [6.07, 6.45) is 3.72. The van der Waals surface area contributed by atoms with E-state index < -0.39 is 5.54 Å². The van der Waals surface area contributed by atoms with E-state index in [0.29, 0.717) is 11.5 Å².